The Labute approximate surface area is 128 Å². The van der Waals surface area contributed by atoms with E-state index in [1.54, 1.807) is 30.3 Å². The Hall–Kier alpha value is -3.26. The van der Waals surface area contributed by atoms with E-state index >= 15 is 0 Å². The zero-order valence-corrected chi connectivity index (χ0v) is 11.9. The van der Waals surface area contributed by atoms with E-state index in [-0.39, 0.29) is 0 Å². The van der Waals surface area contributed by atoms with Gasteiger partial charge in [-0.3, -0.25) is 0 Å². The standard InChI is InChI=1S/C17H14N2O3/c1-22-17(21)14(11-18)16(20)13-9-5-6-10-15(13)19-12-7-3-2-4-8-12/h2-10,19-20H,1H3/b16-14+. The number of nitrogens with one attached hydrogen (secondary N) is 1. The summed E-state index contributed by atoms with van der Waals surface area (Å²) in [7, 11) is 1.15. The smallest absolute Gasteiger partial charge is 0.352 e. The van der Waals surface area contributed by atoms with Crippen LogP contribution < -0.4 is 5.32 Å². The van der Waals surface area contributed by atoms with E-state index < -0.39 is 17.3 Å². The number of carbonyl (C=O) groups excluding carboxylic acids is 1. The van der Waals surface area contributed by atoms with Crippen molar-refractivity contribution in [3.8, 4) is 6.07 Å². The largest absolute Gasteiger partial charge is 0.506 e. The fourth-order valence-electron chi connectivity index (χ4n) is 1.91. The number of rotatable bonds is 4. The zero-order valence-electron chi connectivity index (χ0n) is 11.9. The molecule has 0 amide bonds. The van der Waals surface area contributed by atoms with Crippen LogP contribution in [0.15, 0.2) is 60.2 Å². The highest BCUT2D eigenvalue weighted by atomic mass is 16.5. The summed E-state index contributed by atoms with van der Waals surface area (Å²) in [5, 5.41) is 22.4. The molecule has 2 N–H and O–H groups in total. The lowest BCUT2D eigenvalue weighted by Gasteiger charge is -2.12. The van der Waals surface area contributed by atoms with Crippen LogP contribution in [-0.2, 0) is 9.53 Å². The number of nitriles is 1. The second-order valence-corrected chi connectivity index (χ2v) is 4.36. The van der Waals surface area contributed by atoms with Crippen molar-refractivity contribution in [2.75, 3.05) is 12.4 Å². The summed E-state index contributed by atoms with van der Waals surface area (Å²) in [6, 6.07) is 17.9. The van der Waals surface area contributed by atoms with Crippen molar-refractivity contribution in [1.29, 1.82) is 5.26 Å². The van der Waals surface area contributed by atoms with E-state index in [0.717, 1.165) is 12.8 Å². The number of hydrogen-bond donors (Lipinski definition) is 2. The van der Waals surface area contributed by atoms with Crippen LogP contribution in [0.1, 0.15) is 5.56 Å². The van der Waals surface area contributed by atoms with Gasteiger partial charge in [-0.25, -0.2) is 4.79 Å². The number of nitrogens with zero attached hydrogens (tertiary/aromatic N) is 1. The molecule has 22 heavy (non-hydrogen) atoms. The zero-order chi connectivity index (χ0) is 15.9. The highest BCUT2D eigenvalue weighted by molar-refractivity contribution is 6.01. The highest BCUT2D eigenvalue weighted by Gasteiger charge is 2.19. The molecule has 2 aromatic carbocycles. The average Bonchev–Trinajstić information content (AvgIpc) is 2.56. The summed E-state index contributed by atoms with van der Waals surface area (Å²) in [4.78, 5) is 11.5. The Kier molecular flexibility index (Phi) is 4.78. The minimum Gasteiger partial charge on any atom is -0.506 e. The lowest BCUT2D eigenvalue weighted by molar-refractivity contribution is -0.135. The average molecular weight is 294 g/mol. The van der Waals surface area contributed by atoms with Crippen LogP contribution in [0.2, 0.25) is 0 Å². The third kappa shape index (κ3) is 3.25. The molecule has 5 nitrogen and oxygen atoms in total. The molecule has 0 spiro atoms. The second kappa shape index (κ2) is 6.95. The Bertz CT molecular complexity index is 746. The maximum absolute atomic E-state index is 11.5. The van der Waals surface area contributed by atoms with Crippen molar-refractivity contribution in [3.63, 3.8) is 0 Å². The molecular weight excluding hydrogens is 280 g/mol. The molecule has 0 aromatic heterocycles. The van der Waals surface area contributed by atoms with Gasteiger partial charge >= 0.3 is 5.97 Å². The number of hydrogen-bond acceptors (Lipinski definition) is 5. The lowest BCUT2D eigenvalue weighted by atomic mass is 10.1. The van der Waals surface area contributed by atoms with Crippen molar-refractivity contribution in [1.82, 2.24) is 0 Å². The minimum atomic E-state index is -0.880. The van der Waals surface area contributed by atoms with Crippen molar-refractivity contribution in [3.05, 3.63) is 65.7 Å². The summed E-state index contributed by atoms with van der Waals surface area (Å²) in [5.41, 5.74) is 1.29. The van der Waals surface area contributed by atoms with Crippen LogP contribution in [0.4, 0.5) is 11.4 Å². The molecule has 0 aliphatic heterocycles. The van der Waals surface area contributed by atoms with Crippen LogP contribution in [0.3, 0.4) is 0 Å². The van der Waals surface area contributed by atoms with Crippen LogP contribution in [0, 0.1) is 11.3 Å². The monoisotopic (exact) mass is 294 g/mol. The topological polar surface area (TPSA) is 82.4 Å². The predicted molar refractivity (Wildman–Crippen MR) is 83.3 cm³/mol. The minimum absolute atomic E-state index is 0.341. The SMILES string of the molecule is COC(=O)/C(C#N)=C(/O)c1ccccc1Nc1ccccc1. The van der Waals surface area contributed by atoms with E-state index in [4.69, 9.17) is 5.26 Å². The maximum atomic E-state index is 11.5. The molecule has 5 heteroatoms. The number of benzene rings is 2. The third-order valence-corrected chi connectivity index (χ3v) is 2.97. The van der Waals surface area contributed by atoms with Gasteiger partial charge in [-0.2, -0.15) is 5.26 Å². The van der Waals surface area contributed by atoms with Crippen LogP contribution >= 0.6 is 0 Å². The fraction of sp³-hybridized carbons (Fsp3) is 0.0588. The molecule has 2 aromatic rings. The first-order chi connectivity index (χ1) is 10.7. The van der Waals surface area contributed by atoms with Gasteiger partial charge in [0.05, 0.1) is 7.11 Å². The van der Waals surface area contributed by atoms with Crippen molar-refractivity contribution >= 4 is 23.1 Å². The van der Waals surface area contributed by atoms with Gasteiger partial charge in [0.25, 0.3) is 0 Å². The molecular formula is C17H14N2O3. The molecule has 0 aliphatic carbocycles. The Balaban J connectivity index is 2.46. The number of methoxy groups -OCH3 is 1. The van der Waals surface area contributed by atoms with Gasteiger partial charge in [-0.05, 0) is 24.3 Å². The normalized spacial score (nSPS) is 11.1. The molecule has 0 fully saturated rings. The molecule has 0 saturated carbocycles. The number of carbonyl (C=O) groups is 1. The van der Waals surface area contributed by atoms with E-state index in [1.807, 2.05) is 30.3 Å². The number of anilines is 2. The molecule has 0 saturated heterocycles. The molecule has 0 atom stereocenters. The first-order valence-electron chi connectivity index (χ1n) is 6.50. The third-order valence-electron chi connectivity index (χ3n) is 2.97. The van der Waals surface area contributed by atoms with Crippen molar-refractivity contribution in [2.45, 2.75) is 0 Å². The summed E-state index contributed by atoms with van der Waals surface area (Å²) in [6.45, 7) is 0. The fourth-order valence-corrected chi connectivity index (χ4v) is 1.91. The van der Waals surface area contributed by atoms with Gasteiger partial charge < -0.3 is 15.2 Å². The molecule has 2 rings (SSSR count). The molecule has 110 valence electrons. The van der Waals surface area contributed by atoms with Gasteiger partial charge in [0, 0.05) is 16.9 Å². The lowest BCUT2D eigenvalue weighted by Crippen LogP contribution is -2.07. The van der Waals surface area contributed by atoms with Crippen molar-refractivity contribution in [2.24, 2.45) is 0 Å². The highest BCUT2D eigenvalue weighted by Crippen LogP contribution is 2.27. The van der Waals surface area contributed by atoms with Gasteiger partial charge in [0.2, 0.25) is 0 Å². The summed E-state index contributed by atoms with van der Waals surface area (Å²) < 4.78 is 4.50. The molecule has 0 aliphatic rings. The van der Waals surface area contributed by atoms with E-state index in [1.165, 1.54) is 0 Å². The number of aliphatic hydroxyl groups excluding tert-OH is 1. The Morgan fingerprint density at radius 3 is 2.41 bits per heavy atom. The molecule has 0 heterocycles. The first-order valence-corrected chi connectivity index (χ1v) is 6.50. The number of esters is 1. The van der Waals surface area contributed by atoms with E-state index in [2.05, 4.69) is 10.1 Å². The van der Waals surface area contributed by atoms with E-state index in [0.29, 0.717) is 11.3 Å². The Morgan fingerprint density at radius 1 is 1.14 bits per heavy atom. The van der Waals surface area contributed by atoms with Crippen LogP contribution in [0.5, 0.6) is 0 Å². The van der Waals surface area contributed by atoms with E-state index in [9.17, 15) is 9.90 Å². The van der Waals surface area contributed by atoms with Crippen LogP contribution in [-0.4, -0.2) is 18.2 Å². The quantitative estimate of drug-likeness (QED) is 0.391. The molecule has 0 unspecified atom stereocenters. The summed E-state index contributed by atoms with van der Waals surface area (Å²) >= 11 is 0. The number of aliphatic hydroxyl groups is 1. The maximum Gasteiger partial charge on any atom is 0.352 e. The van der Waals surface area contributed by atoms with Crippen molar-refractivity contribution < 1.29 is 14.6 Å². The summed E-state index contributed by atoms with van der Waals surface area (Å²) in [5.74, 6) is -1.30. The van der Waals surface area contributed by atoms with Gasteiger partial charge in [-0.15, -0.1) is 0 Å². The number of ether oxygens (including phenoxy) is 1. The van der Waals surface area contributed by atoms with Crippen LogP contribution in [0.25, 0.3) is 5.76 Å². The van der Waals surface area contributed by atoms with Gasteiger partial charge in [-0.1, -0.05) is 30.3 Å². The second-order valence-electron chi connectivity index (χ2n) is 4.36. The summed E-state index contributed by atoms with van der Waals surface area (Å²) in [6.07, 6.45) is 0. The first kappa shape index (κ1) is 15.1. The number of para-hydroxylation sites is 2. The Morgan fingerprint density at radius 2 is 1.77 bits per heavy atom. The van der Waals surface area contributed by atoms with Gasteiger partial charge in [0.15, 0.2) is 5.57 Å². The predicted octanol–water partition coefficient (Wildman–Crippen LogP) is 3.40. The van der Waals surface area contributed by atoms with Gasteiger partial charge in [0.1, 0.15) is 11.8 Å². The molecule has 0 bridgehead atoms. The molecule has 0 radical (unpaired) electrons.